The van der Waals surface area contributed by atoms with Crippen LogP contribution < -0.4 is 15.4 Å². The van der Waals surface area contributed by atoms with Crippen LogP contribution >= 0.6 is 0 Å². The number of nitrogens with one attached hydrogen (secondary N) is 2. The molecule has 2 aromatic rings. The van der Waals surface area contributed by atoms with Gasteiger partial charge in [0.25, 0.3) is 0 Å². The average Bonchev–Trinajstić information content (AvgIpc) is 2.61. The summed E-state index contributed by atoms with van der Waals surface area (Å²) in [6.07, 6.45) is 0.597. The number of carbonyl (C=O) groups excluding carboxylic acids is 1. The molecular formula is C19H24N2O3. The summed E-state index contributed by atoms with van der Waals surface area (Å²) in [6, 6.07) is 16.9. The predicted octanol–water partition coefficient (Wildman–Crippen LogP) is 3.37. The number of rotatable bonds is 8. The van der Waals surface area contributed by atoms with Gasteiger partial charge in [0, 0.05) is 19.1 Å². The summed E-state index contributed by atoms with van der Waals surface area (Å²) in [5.74, 6) is 0.717. The Morgan fingerprint density at radius 1 is 1.12 bits per heavy atom. The summed E-state index contributed by atoms with van der Waals surface area (Å²) in [5, 5.41) is 14.9. The molecule has 0 saturated heterocycles. The molecule has 3 N–H and O–H groups in total. The number of aliphatic hydroxyl groups is 1. The molecule has 2 aromatic carbocycles. The third-order valence-corrected chi connectivity index (χ3v) is 3.69. The lowest BCUT2D eigenvalue weighted by Gasteiger charge is -2.18. The number of carbonyl (C=O) groups is 1. The maximum absolute atomic E-state index is 12.2. The maximum Gasteiger partial charge on any atom is 0.319 e. The van der Waals surface area contributed by atoms with Crippen molar-refractivity contribution in [1.29, 1.82) is 0 Å². The van der Waals surface area contributed by atoms with Crippen molar-refractivity contribution in [3.05, 3.63) is 60.2 Å². The van der Waals surface area contributed by atoms with Crippen LogP contribution in [0.2, 0.25) is 0 Å². The van der Waals surface area contributed by atoms with E-state index < -0.39 is 0 Å². The summed E-state index contributed by atoms with van der Waals surface area (Å²) in [7, 11) is 0. The molecule has 0 aliphatic rings. The summed E-state index contributed by atoms with van der Waals surface area (Å²) < 4.78 is 5.50. The smallest absolute Gasteiger partial charge is 0.319 e. The number of aliphatic hydroxyl groups excluding tert-OH is 1. The number of anilines is 1. The summed E-state index contributed by atoms with van der Waals surface area (Å²) in [6.45, 7) is 2.96. The van der Waals surface area contributed by atoms with Gasteiger partial charge >= 0.3 is 6.03 Å². The molecule has 1 unspecified atom stereocenters. The van der Waals surface area contributed by atoms with Crippen LogP contribution in [0.1, 0.15) is 24.8 Å². The van der Waals surface area contributed by atoms with Gasteiger partial charge in [-0.1, -0.05) is 42.5 Å². The molecule has 128 valence electrons. The average molecular weight is 328 g/mol. The van der Waals surface area contributed by atoms with Crippen molar-refractivity contribution in [1.82, 2.24) is 5.32 Å². The first kappa shape index (κ1) is 17.8. The van der Waals surface area contributed by atoms with Gasteiger partial charge in [-0.15, -0.1) is 0 Å². The van der Waals surface area contributed by atoms with Crippen molar-refractivity contribution in [3.8, 4) is 5.75 Å². The van der Waals surface area contributed by atoms with E-state index >= 15 is 0 Å². The topological polar surface area (TPSA) is 70.6 Å². The van der Waals surface area contributed by atoms with E-state index in [1.54, 1.807) is 6.07 Å². The van der Waals surface area contributed by atoms with Crippen molar-refractivity contribution in [2.24, 2.45) is 0 Å². The molecule has 0 fully saturated rings. The van der Waals surface area contributed by atoms with E-state index in [0.29, 0.717) is 31.0 Å². The highest BCUT2D eigenvalue weighted by Crippen LogP contribution is 2.23. The fourth-order valence-corrected chi connectivity index (χ4v) is 2.50. The quantitative estimate of drug-likeness (QED) is 0.696. The fraction of sp³-hybridized carbons (Fsp3) is 0.316. The molecule has 0 spiro atoms. The van der Waals surface area contributed by atoms with Crippen LogP contribution in [0, 0.1) is 0 Å². The lowest BCUT2D eigenvalue weighted by molar-refractivity contribution is 0.247. The number of urea groups is 1. The minimum Gasteiger partial charge on any atom is -0.492 e. The van der Waals surface area contributed by atoms with E-state index in [1.165, 1.54) is 0 Å². The first-order valence-electron chi connectivity index (χ1n) is 8.17. The van der Waals surface area contributed by atoms with E-state index in [1.807, 2.05) is 55.5 Å². The molecule has 0 heterocycles. The molecule has 2 amide bonds. The molecular weight excluding hydrogens is 304 g/mol. The SMILES string of the molecule is CCOc1ccccc1NC(=O)NCC(CCO)c1ccccc1. The second kappa shape index (κ2) is 9.57. The first-order valence-corrected chi connectivity index (χ1v) is 8.17. The minimum absolute atomic E-state index is 0.0732. The lowest BCUT2D eigenvalue weighted by Crippen LogP contribution is -2.32. The molecule has 2 rings (SSSR count). The van der Waals surface area contributed by atoms with Gasteiger partial charge in [0.15, 0.2) is 0 Å². The Morgan fingerprint density at radius 2 is 1.83 bits per heavy atom. The predicted molar refractivity (Wildman–Crippen MR) is 95.5 cm³/mol. The second-order valence-corrected chi connectivity index (χ2v) is 5.38. The summed E-state index contributed by atoms with van der Waals surface area (Å²) in [5.41, 5.74) is 1.73. The maximum atomic E-state index is 12.2. The molecule has 0 aliphatic heterocycles. The van der Waals surface area contributed by atoms with Crippen LogP contribution in [-0.4, -0.2) is 30.9 Å². The Balaban J connectivity index is 1.94. The van der Waals surface area contributed by atoms with E-state index in [9.17, 15) is 9.90 Å². The standard InChI is InChI=1S/C19H24N2O3/c1-2-24-18-11-7-6-10-17(18)21-19(23)20-14-16(12-13-22)15-8-4-3-5-9-15/h3-11,16,22H,2,12-14H2,1H3,(H2,20,21,23). The number of hydrogen-bond acceptors (Lipinski definition) is 3. The highest BCUT2D eigenvalue weighted by Gasteiger charge is 2.13. The van der Waals surface area contributed by atoms with Crippen LogP contribution in [-0.2, 0) is 0 Å². The molecule has 1 atom stereocenters. The Hall–Kier alpha value is -2.53. The molecule has 5 nitrogen and oxygen atoms in total. The van der Waals surface area contributed by atoms with Crippen molar-refractivity contribution in [2.45, 2.75) is 19.3 Å². The van der Waals surface area contributed by atoms with E-state index in [0.717, 1.165) is 5.56 Å². The van der Waals surface area contributed by atoms with Gasteiger partial charge in [-0.2, -0.15) is 0 Å². The lowest BCUT2D eigenvalue weighted by atomic mass is 9.96. The monoisotopic (exact) mass is 328 g/mol. The number of amides is 2. The Bertz CT molecular complexity index is 632. The highest BCUT2D eigenvalue weighted by atomic mass is 16.5. The van der Waals surface area contributed by atoms with E-state index in [-0.39, 0.29) is 18.6 Å². The van der Waals surface area contributed by atoms with E-state index in [4.69, 9.17) is 4.74 Å². The van der Waals surface area contributed by atoms with E-state index in [2.05, 4.69) is 10.6 Å². The van der Waals surface area contributed by atoms with Crippen LogP contribution in [0.5, 0.6) is 5.75 Å². The van der Waals surface area contributed by atoms with Gasteiger partial charge in [-0.25, -0.2) is 4.79 Å². The largest absolute Gasteiger partial charge is 0.492 e. The van der Waals surface area contributed by atoms with Crippen LogP contribution in [0.25, 0.3) is 0 Å². The van der Waals surface area contributed by atoms with Crippen LogP contribution in [0.15, 0.2) is 54.6 Å². The third kappa shape index (κ3) is 5.28. The fourth-order valence-electron chi connectivity index (χ4n) is 2.50. The van der Waals surface area contributed by atoms with Gasteiger partial charge in [0.1, 0.15) is 5.75 Å². The van der Waals surface area contributed by atoms with Gasteiger partial charge in [-0.3, -0.25) is 0 Å². The molecule has 0 aromatic heterocycles. The zero-order valence-corrected chi connectivity index (χ0v) is 13.9. The molecule has 0 radical (unpaired) electrons. The third-order valence-electron chi connectivity index (χ3n) is 3.69. The van der Waals surface area contributed by atoms with Gasteiger partial charge < -0.3 is 20.5 Å². The van der Waals surface area contributed by atoms with Crippen molar-refractivity contribution in [3.63, 3.8) is 0 Å². The normalized spacial score (nSPS) is 11.6. The zero-order chi connectivity index (χ0) is 17.2. The summed E-state index contributed by atoms with van der Waals surface area (Å²) >= 11 is 0. The number of ether oxygens (including phenoxy) is 1. The van der Waals surface area contributed by atoms with Crippen LogP contribution in [0.4, 0.5) is 10.5 Å². The van der Waals surface area contributed by atoms with Crippen molar-refractivity contribution < 1.29 is 14.6 Å². The number of benzene rings is 2. The van der Waals surface area contributed by atoms with Crippen LogP contribution in [0.3, 0.4) is 0 Å². The Kier molecular flexibility index (Phi) is 7.11. The first-order chi connectivity index (χ1) is 11.7. The van der Waals surface area contributed by atoms with Crippen molar-refractivity contribution >= 4 is 11.7 Å². The van der Waals surface area contributed by atoms with Gasteiger partial charge in [0.2, 0.25) is 0 Å². The molecule has 24 heavy (non-hydrogen) atoms. The molecule has 0 aliphatic carbocycles. The highest BCUT2D eigenvalue weighted by molar-refractivity contribution is 5.90. The number of para-hydroxylation sites is 2. The molecule has 0 saturated carbocycles. The van der Waals surface area contributed by atoms with Crippen molar-refractivity contribution in [2.75, 3.05) is 25.1 Å². The molecule has 0 bridgehead atoms. The Morgan fingerprint density at radius 3 is 2.54 bits per heavy atom. The molecule has 5 heteroatoms. The minimum atomic E-state index is -0.291. The second-order valence-electron chi connectivity index (χ2n) is 5.38. The van der Waals surface area contributed by atoms with Gasteiger partial charge in [-0.05, 0) is 31.0 Å². The summed E-state index contributed by atoms with van der Waals surface area (Å²) in [4.78, 5) is 12.2. The number of hydrogen-bond donors (Lipinski definition) is 3. The Labute approximate surface area is 142 Å². The zero-order valence-electron chi connectivity index (χ0n) is 13.9. The van der Waals surface area contributed by atoms with Gasteiger partial charge in [0.05, 0.1) is 12.3 Å².